The molecular formula is C7H13NO. The van der Waals surface area contributed by atoms with Crippen LogP contribution in [-0.4, -0.2) is 19.8 Å². The van der Waals surface area contributed by atoms with Gasteiger partial charge >= 0.3 is 0 Å². The predicted octanol–water partition coefficient (Wildman–Crippen LogP) is 0.898. The number of nitrogens with one attached hydrogen (secondary N) is 1. The van der Waals surface area contributed by atoms with E-state index in [-0.39, 0.29) is 0 Å². The van der Waals surface area contributed by atoms with E-state index in [0.717, 1.165) is 13.0 Å². The number of hydrogen-bond acceptors (Lipinski definition) is 2. The topological polar surface area (TPSA) is 21.3 Å². The Morgan fingerprint density at radius 2 is 2.56 bits per heavy atom. The van der Waals surface area contributed by atoms with Gasteiger partial charge in [0.2, 0.25) is 0 Å². The first-order valence-corrected chi connectivity index (χ1v) is 3.33. The van der Waals surface area contributed by atoms with Crippen LogP contribution in [0, 0.1) is 0 Å². The van der Waals surface area contributed by atoms with Crippen molar-refractivity contribution in [3.8, 4) is 0 Å². The van der Waals surface area contributed by atoms with Gasteiger partial charge in [0.25, 0.3) is 0 Å². The fourth-order valence-electron chi connectivity index (χ4n) is 0.978. The SMILES string of the molecule is CNC1=CC(C)OCC1. The summed E-state index contributed by atoms with van der Waals surface area (Å²) >= 11 is 0. The van der Waals surface area contributed by atoms with Crippen molar-refractivity contribution in [1.82, 2.24) is 5.32 Å². The maximum absolute atomic E-state index is 5.29. The Hall–Kier alpha value is -0.500. The van der Waals surface area contributed by atoms with Gasteiger partial charge in [-0.25, -0.2) is 0 Å². The third-order valence-electron chi connectivity index (χ3n) is 1.51. The quantitative estimate of drug-likeness (QED) is 0.565. The highest BCUT2D eigenvalue weighted by atomic mass is 16.5. The molecule has 0 bridgehead atoms. The number of rotatable bonds is 1. The largest absolute Gasteiger partial charge is 0.392 e. The van der Waals surface area contributed by atoms with Crippen molar-refractivity contribution < 1.29 is 4.74 Å². The van der Waals surface area contributed by atoms with Gasteiger partial charge in [-0.15, -0.1) is 0 Å². The summed E-state index contributed by atoms with van der Waals surface area (Å²) < 4.78 is 5.29. The van der Waals surface area contributed by atoms with Crippen molar-refractivity contribution in [3.05, 3.63) is 11.8 Å². The zero-order valence-corrected chi connectivity index (χ0v) is 5.98. The van der Waals surface area contributed by atoms with Crippen molar-refractivity contribution in [3.63, 3.8) is 0 Å². The summed E-state index contributed by atoms with van der Waals surface area (Å²) in [7, 11) is 1.95. The van der Waals surface area contributed by atoms with E-state index in [1.807, 2.05) is 7.05 Å². The molecule has 0 saturated heterocycles. The Balaban J connectivity index is 2.49. The van der Waals surface area contributed by atoms with Gasteiger partial charge in [-0.05, 0) is 13.0 Å². The molecule has 0 aliphatic carbocycles. The molecule has 0 aromatic rings. The molecule has 52 valence electrons. The smallest absolute Gasteiger partial charge is 0.0747 e. The van der Waals surface area contributed by atoms with E-state index < -0.39 is 0 Å². The highest BCUT2D eigenvalue weighted by Gasteiger charge is 2.06. The Labute approximate surface area is 55.9 Å². The van der Waals surface area contributed by atoms with E-state index in [0.29, 0.717) is 6.10 Å². The minimum atomic E-state index is 0.293. The Kier molecular flexibility index (Phi) is 2.11. The molecule has 1 aliphatic heterocycles. The Bertz CT molecular complexity index is 120. The van der Waals surface area contributed by atoms with Crippen LogP contribution < -0.4 is 5.32 Å². The van der Waals surface area contributed by atoms with Crippen molar-refractivity contribution in [2.24, 2.45) is 0 Å². The third kappa shape index (κ3) is 1.72. The lowest BCUT2D eigenvalue weighted by molar-refractivity contribution is 0.0875. The van der Waals surface area contributed by atoms with Crippen LogP contribution in [0.2, 0.25) is 0 Å². The molecule has 0 fully saturated rings. The first-order chi connectivity index (χ1) is 4.33. The summed E-state index contributed by atoms with van der Waals surface area (Å²) in [6.07, 6.45) is 3.44. The minimum Gasteiger partial charge on any atom is -0.392 e. The average molecular weight is 127 g/mol. The van der Waals surface area contributed by atoms with Gasteiger partial charge in [-0.1, -0.05) is 0 Å². The molecule has 0 aromatic carbocycles. The summed E-state index contributed by atoms with van der Waals surface area (Å²) in [4.78, 5) is 0. The highest BCUT2D eigenvalue weighted by Crippen LogP contribution is 2.08. The Morgan fingerprint density at radius 3 is 3.00 bits per heavy atom. The molecule has 0 aromatic heterocycles. The van der Waals surface area contributed by atoms with Crippen molar-refractivity contribution in [1.29, 1.82) is 0 Å². The van der Waals surface area contributed by atoms with E-state index in [4.69, 9.17) is 4.74 Å². The second kappa shape index (κ2) is 2.87. The van der Waals surface area contributed by atoms with Gasteiger partial charge in [0, 0.05) is 19.2 Å². The zero-order chi connectivity index (χ0) is 6.69. The number of ether oxygens (including phenoxy) is 1. The lowest BCUT2D eigenvalue weighted by Gasteiger charge is -2.18. The van der Waals surface area contributed by atoms with Gasteiger partial charge in [-0.2, -0.15) is 0 Å². The van der Waals surface area contributed by atoms with Crippen LogP contribution in [-0.2, 0) is 4.74 Å². The minimum absolute atomic E-state index is 0.293. The van der Waals surface area contributed by atoms with E-state index >= 15 is 0 Å². The zero-order valence-electron chi connectivity index (χ0n) is 5.98. The molecule has 0 radical (unpaired) electrons. The molecule has 1 atom stereocenters. The summed E-state index contributed by atoms with van der Waals surface area (Å²) in [5.74, 6) is 0. The first-order valence-electron chi connectivity index (χ1n) is 3.33. The predicted molar refractivity (Wildman–Crippen MR) is 37.2 cm³/mol. The van der Waals surface area contributed by atoms with Gasteiger partial charge in [-0.3, -0.25) is 0 Å². The molecule has 9 heavy (non-hydrogen) atoms. The normalized spacial score (nSPS) is 27.3. The summed E-state index contributed by atoms with van der Waals surface area (Å²) in [6.45, 7) is 2.91. The summed E-state index contributed by atoms with van der Waals surface area (Å²) in [5, 5.41) is 3.12. The maximum atomic E-state index is 5.29. The van der Waals surface area contributed by atoms with Crippen LogP contribution in [0.15, 0.2) is 11.8 Å². The molecule has 1 aliphatic rings. The van der Waals surface area contributed by atoms with E-state index in [1.54, 1.807) is 0 Å². The lowest BCUT2D eigenvalue weighted by Crippen LogP contribution is -2.19. The Morgan fingerprint density at radius 1 is 1.78 bits per heavy atom. The van der Waals surface area contributed by atoms with Gasteiger partial charge in [0.15, 0.2) is 0 Å². The monoisotopic (exact) mass is 127 g/mol. The van der Waals surface area contributed by atoms with Gasteiger partial charge < -0.3 is 10.1 Å². The maximum Gasteiger partial charge on any atom is 0.0747 e. The molecule has 0 saturated carbocycles. The van der Waals surface area contributed by atoms with Crippen molar-refractivity contribution in [2.75, 3.05) is 13.7 Å². The average Bonchev–Trinajstić information content (AvgIpc) is 1.88. The fourth-order valence-corrected chi connectivity index (χ4v) is 0.978. The molecule has 1 heterocycles. The van der Waals surface area contributed by atoms with Crippen LogP contribution >= 0.6 is 0 Å². The molecule has 1 unspecified atom stereocenters. The fraction of sp³-hybridized carbons (Fsp3) is 0.714. The van der Waals surface area contributed by atoms with Crippen LogP contribution in [0.3, 0.4) is 0 Å². The molecular weight excluding hydrogens is 114 g/mol. The summed E-state index contributed by atoms with van der Waals surface area (Å²) in [5.41, 5.74) is 1.30. The van der Waals surface area contributed by atoms with Gasteiger partial charge in [0.05, 0.1) is 12.7 Å². The molecule has 2 heteroatoms. The standard InChI is InChI=1S/C7H13NO/c1-6-5-7(8-2)3-4-9-6/h5-6,8H,3-4H2,1-2H3. The van der Waals surface area contributed by atoms with Crippen LogP contribution in [0.4, 0.5) is 0 Å². The van der Waals surface area contributed by atoms with Crippen molar-refractivity contribution in [2.45, 2.75) is 19.4 Å². The third-order valence-corrected chi connectivity index (χ3v) is 1.51. The second-order valence-corrected chi connectivity index (χ2v) is 2.27. The molecule has 1 N–H and O–H groups in total. The van der Waals surface area contributed by atoms with E-state index in [2.05, 4.69) is 18.3 Å². The first kappa shape index (κ1) is 6.62. The molecule has 2 nitrogen and oxygen atoms in total. The number of hydrogen-bond donors (Lipinski definition) is 1. The highest BCUT2D eigenvalue weighted by molar-refractivity contribution is 5.04. The molecule has 0 spiro atoms. The molecule has 0 amide bonds. The van der Waals surface area contributed by atoms with Crippen LogP contribution in [0.5, 0.6) is 0 Å². The van der Waals surface area contributed by atoms with E-state index in [9.17, 15) is 0 Å². The van der Waals surface area contributed by atoms with Crippen LogP contribution in [0.1, 0.15) is 13.3 Å². The lowest BCUT2D eigenvalue weighted by atomic mass is 10.2. The van der Waals surface area contributed by atoms with Gasteiger partial charge in [0.1, 0.15) is 0 Å². The second-order valence-electron chi connectivity index (χ2n) is 2.27. The molecule has 1 rings (SSSR count). The van der Waals surface area contributed by atoms with Crippen LogP contribution in [0.25, 0.3) is 0 Å². The summed E-state index contributed by atoms with van der Waals surface area (Å²) in [6, 6.07) is 0. The van der Waals surface area contributed by atoms with E-state index in [1.165, 1.54) is 5.70 Å². The van der Waals surface area contributed by atoms with Crippen molar-refractivity contribution >= 4 is 0 Å².